The maximum absolute atomic E-state index is 3.83. The second-order valence-electron chi connectivity index (χ2n) is 6.33. The highest BCUT2D eigenvalue weighted by Gasteiger charge is 2.37. The van der Waals surface area contributed by atoms with Gasteiger partial charge in [-0.05, 0) is 72.9 Å². The Morgan fingerprint density at radius 1 is 1.11 bits per heavy atom. The lowest BCUT2D eigenvalue weighted by Crippen LogP contribution is -2.16. The van der Waals surface area contributed by atoms with Gasteiger partial charge in [-0.25, -0.2) is 0 Å². The van der Waals surface area contributed by atoms with Gasteiger partial charge in [0.25, 0.3) is 0 Å². The molecule has 0 amide bonds. The Kier molecular flexibility index (Phi) is 2.75. The molecule has 0 atom stereocenters. The minimum atomic E-state index is 0.149. The first kappa shape index (κ1) is 12.5. The molecule has 0 heterocycles. The van der Waals surface area contributed by atoms with Crippen LogP contribution in [0.2, 0.25) is 0 Å². The van der Waals surface area contributed by atoms with Crippen LogP contribution in [0.3, 0.4) is 0 Å². The Morgan fingerprint density at radius 2 is 1.78 bits per heavy atom. The molecular weight excluding hydrogens is 284 g/mol. The Balaban J connectivity index is 2.32. The summed E-state index contributed by atoms with van der Waals surface area (Å²) < 4.78 is 1.37. The average Bonchev–Trinajstić information content (AvgIpc) is 2.52. The summed E-state index contributed by atoms with van der Waals surface area (Å²) in [6, 6.07) is 2.49. The van der Waals surface area contributed by atoms with Crippen LogP contribution in [0.1, 0.15) is 61.4 Å². The van der Waals surface area contributed by atoms with E-state index in [2.05, 4.69) is 49.7 Å². The minimum Gasteiger partial charge on any atom is -0.0544 e. The molecule has 2 aliphatic rings. The lowest BCUT2D eigenvalue weighted by Gasteiger charge is -2.26. The molecule has 0 unspecified atom stereocenters. The lowest BCUT2D eigenvalue weighted by molar-refractivity contribution is 0.654. The molecule has 0 N–H and O–H groups in total. The van der Waals surface area contributed by atoms with Crippen LogP contribution in [0.25, 0.3) is 5.57 Å². The molecule has 0 saturated carbocycles. The summed E-state index contributed by atoms with van der Waals surface area (Å²) in [5.41, 5.74) is 9.44. The van der Waals surface area contributed by atoms with Crippen molar-refractivity contribution in [2.24, 2.45) is 0 Å². The number of benzene rings is 1. The van der Waals surface area contributed by atoms with Crippen LogP contribution in [0.4, 0.5) is 0 Å². The molecule has 0 aromatic heterocycles. The molecule has 0 fully saturated rings. The second-order valence-corrected chi connectivity index (χ2v) is 7.13. The number of aryl methyl sites for hydroxylation is 1. The van der Waals surface area contributed by atoms with E-state index in [9.17, 15) is 0 Å². The highest BCUT2D eigenvalue weighted by Crippen LogP contribution is 2.51. The van der Waals surface area contributed by atoms with Gasteiger partial charge in [0.2, 0.25) is 0 Å². The molecular formula is C17H21Br. The maximum Gasteiger partial charge on any atom is 0.0221 e. The van der Waals surface area contributed by atoms with Gasteiger partial charge in [0.15, 0.2) is 0 Å². The maximum atomic E-state index is 3.83. The van der Waals surface area contributed by atoms with Gasteiger partial charge >= 0.3 is 0 Å². The largest absolute Gasteiger partial charge is 0.0544 e. The van der Waals surface area contributed by atoms with E-state index in [1.54, 1.807) is 16.7 Å². The van der Waals surface area contributed by atoms with Crippen LogP contribution in [0.15, 0.2) is 10.5 Å². The van der Waals surface area contributed by atoms with Gasteiger partial charge in [-0.1, -0.05) is 35.8 Å². The molecule has 1 heteroatoms. The molecule has 0 bridgehead atoms. The quantitative estimate of drug-likeness (QED) is 0.611. The monoisotopic (exact) mass is 304 g/mol. The van der Waals surface area contributed by atoms with Crippen molar-refractivity contribution in [2.45, 2.75) is 58.8 Å². The molecule has 0 aliphatic heterocycles. The zero-order chi connectivity index (χ0) is 13.1. The van der Waals surface area contributed by atoms with E-state index < -0.39 is 0 Å². The van der Waals surface area contributed by atoms with Gasteiger partial charge in [0.05, 0.1) is 0 Å². The third-order valence-corrected chi connectivity index (χ3v) is 6.44. The van der Waals surface area contributed by atoms with E-state index >= 15 is 0 Å². The topological polar surface area (TPSA) is 0 Å². The first-order chi connectivity index (χ1) is 8.44. The summed E-state index contributed by atoms with van der Waals surface area (Å²) in [7, 11) is 0. The lowest BCUT2D eigenvalue weighted by atomic mass is 9.79. The standard InChI is InChI=1S/C17H21Br/c1-10-13-8-6-5-7-12(13)9-14-15(10)11(2)16(18)17(14,3)4/h9H,5-8H2,1-4H3. The van der Waals surface area contributed by atoms with Crippen molar-refractivity contribution in [3.63, 3.8) is 0 Å². The Morgan fingerprint density at radius 3 is 2.50 bits per heavy atom. The van der Waals surface area contributed by atoms with Crippen molar-refractivity contribution in [2.75, 3.05) is 0 Å². The fourth-order valence-corrected chi connectivity index (χ4v) is 4.20. The normalized spacial score (nSPS) is 20.9. The van der Waals surface area contributed by atoms with Crippen molar-refractivity contribution >= 4 is 21.5 Å². The highest BCUT2D eigenvalue weighted by molar-refractivity contribution is 9.12. The van der Waals surface area contributed by atoms with Crippen LogP contribution in [0.5, 0.6) is 0 Å². The smallest absolute Gasteiger partial charge is 0.0221 e. The summed E-state index contributed by atoms with van der Waals surface area (Å²) in [4.78, 5) is 0. The van der Waals surface area contributed by atoms with Crippen molar-refractivity contribution < 1.29 is 0 Å². The fourth-order valence-electron chi connectivity index (χ4n) is 3.79. The Labute approximate surface area is 119 Å². The number of fused-ring (bicyclic) bond motifs is 2. The van der Waals surface area contributed by atoms with Crippen molar-refractivity contribution in [1.82, 2.24) is 0 Å². The summed E-state index contributed by atoms with van der Waals surface area (Å²) in [6.07, 6.45) is 5.27. The van der Waals surface area contributed by atoms with Gasteiger partial charge in [-0.15, -0.1) is 0 Å². The molecule has 1 aromatic carbocycles. The van der Waals surface area contributed by atoms with Gasteiger partial charge in [-0.3, -0.25) is 0 Å². The van der Waals surface area contributed by atoms with Gasteiger partial charge in [0, 0.05) is 9.90 Å². The zero-order valence-corrected chi connectivity index (χ0v) is 13.4. The van der Waals surface area contributed by atoms with Gasteiger partial charge in [-0.2, -0.15) is 0 Å². The van der Waals surface area contributed by atoms with E-state index in [1.165, 1.54) is 46.9 Å². The predicted molar refractivity (Wildman–Crippen MR) is 82.4 cm³/mol. The predicted octanol–water partition coefficient (Wildman–Crippen LogP) is 5.29. The SMILES string of the molecule is CC1=C(Br)C(C)(C)c2cc3c(c(C)c21)CCCC3. The van der Waals surface area contributed by atoms with Crippen LogP contribution < -0.4 is 0 Å². The molecule has 1 aromatic rings. The van der Waals surface area contributed by atoms with Crippen LogP contribution in [0, 0.1) is 6.92 Å². The van der Waals surface area contributed by atoms with E-state index in [4.69, 9.17) is 0 Å². The van der Waals surface area contributed by atoms with Crippen LogP contribution >= 0.6 is 15.9 Å². The Hall–Kier alpha value is -0.560. The Bertz CT molecular complexity index is 561. The summed E-state index contributed by atoms with van der Waals surface area (Å²) in [5, 5.41) is 0. The van der Waals surface area contributed by atoms with Crippen LogP contribution in [-0.2, 0) is 18.3 Å². The summed E-state index contributed by atoms with van der Waals surface area (Å²) in [6.45, 7) is 9.26. The molecule has 0 saturated heterocycles. The average molecular weight is 305 g/mol. The second kappa shape index (κ2) is 3.96. The third-order valence-electron chi connectivity index (χ3n) is 4.85. The van der Waals surface area contributed by atoms with Gasteiger partial charge in [0.1, 0.15) is 0 Å². The van der Waals surface area contributed by atoms with Crippen LogP contribution in [-0.4, -0.2) is 0 Å². The molecule has 0 spiro atoms. The third kappa shape index (κ3) is 1.49. The summed E-state index contributed by atoms with van der Waals surface area (Å²) in [5.74, 6) is 0. The number of rotatable bonds is 0. The van der Waals surface area contributed by atoms with Crippen molar-refractivity contribution in [3.05, 3.63) is 38.4 Å². The molecule has 2 aliphatic carbocycles. The van der Waals surface area contributed by atoms with E-state index in [1.807, 2.05) is 0 Å². The van der Waals surface area contributed by atoms with E-state index in [0.29, 0.717) is 0 Å². The first-order valence-electron chi connectivity index (χ1n) is 6.97. The summed E-state index contributed by atoms with van der Waals surface area (Å²) >= 11 is 3.83. The van der Waals surface area contributed by atoms with Gasteiger partial charge < -0.3 is 0 Å². The number of hydrogen-bond acceptors (Lipinski definition) is 0. The number of allylic oxidation sites excluding steroid dienone is 2. The highest BCUT2D eigenvalue weighted by atomic mass is 79.9. The molecule has 96 valence electrons. The zero-order valence-electron chi connectivity index (χ0n) is 11.8. The number of hydrogen-bond donors (Lipinski definition) is 0. The molecule has 18 heavy (non-hydrogen) atoms. The van der Waals surface area contributed by atoms with Crippen molar-refractivity contribution in [1.29, 1.82) is 0 Å². The van der Waals surface area contributed by atoms with E-state index in [-0.39, 0.29) is 5.41 Å². The van der Waals surface area contributed by atoms with Crippen molar-refractivity contribution in [3.8, 4) is 0 Å². The molecule has 0 nitrogen and oxygen atoms in total. The first-order valence-corrected chi connectivity index (χ1v) is 7.77. The van der Waals surface area contributed by atoms with E-state index in [0.717, 1.165) is 0 Å². The number of halogens is 1. The molecule has 3 rings (SSSR count). The molecule has 0 radical (unpaired) electrons. The minimum absolute atomic E-state index is 0.149. The fraction of sp³-hybridized carbons (Fsp3) is 0.529.